The lowest BCUT2D eigenvalue weighted by atomic mass is 9.92. The molecule has 1 unspecified atom stereocenters. The molecule has 0 saturated carbocycles. The molecule has 0 radical (unpaired) electrons. The number of hydrogen-bond donors (Lipinski definition) is 0. The number of aryl methyl sites for hydroxylation is 2. The Morgan fingerprint density at radius 2 is 1.83 bits per heavy atom. The van der Waals surface area contributed by atoms with Crippen LogP contribution in [0, 0.1) is 18.8 Å². The molecule has 3 aromatic rings. The first kappa shape index (κ1) is 25.4. The second-order valence-corrected chi connectivity index (χ2v) is 10.4. The Morgan fingerprint density at radius 1 is 1.06 bits per heavy atom. The number of likely N-dealkylation sites (tertiary alicyclic amines) is 1. The molecule has 0 bridgehead atoms. The predicted octanol–water partition coefficient (Wildman–Crippen LogP) is 6.24. The summed E-state index contributed by atoms with van der Waals surface area (Å²) < 4.78 is 2.30. The van der Waals surface area contributed by atoms with Gasteiger partial charge in [0.05, 0.1) is 6.54 Å². The first-order chi connectivity index (χ1) is 17.0. The van der Waals surface area contributed by atoms with Gasteiger partial charge in [-0.2, -0.15) is 0 Å². The van der Waals surface area contributed by atoms with Crippen molar-refractivity contribution in [1.29, 1.82) is 0 Å². The van der Waals surface area contributed by atoms with Gasteiger partial charge in [0.1, 0.15) is 11.6 Å². The topological polar surface area (TPSA) is 38.1 Å². The fourth-order valence-electron chi connectivity index (χ4n) is 5.22. The predicted molar refractivity (Wildman–Crippen MR) is 143 cm³/mol. The molecule has 1 aromatic heterocycles. The van der Waals surface area contributed by atoms with Crippen molar-refractivity contribution in [2.75, 3.05) is 13.1 Å². The van der Waals surface area contributed by atoms with Crippen LogP contribution in [0.4, 0.5) is 0 Å². The van der Waals surface area contributed by atoms with Gasteiger partial charge in [-0.3, -0.25) is 9.69 Å². The van der Waals surface area contributed by atoms with E-state index in [0.29, 0.717) is 12.2 Å². The summed E-state index contributed by atoms with van der Waals surface area (Å²) in [5.41, 5.74) is 5.08. The molecule has 2 heterocycles. The van der Waals surface area contributed by atoms with Crippen molar-refractivity contribution in [1.82, 2.24) is 14.5 Å². The number of piperidine rings is 1. The zero-order chi connectivity index (χ0) is 24.6. The zero-order valence-electron chi connectivity index (χ0n) is 21.7. The van der Waals surface area contributed by atoms with Crippen LogP contribution in [0.2, 0.25) is 0 Å². The number of benzene rings is 2. The van der Waals surface area contributed by atoms with Gasteiger partial charge in [-0.25, -0.2) is 4.98 Å². The molecule has 4 rings (SSSR count). The Labute approximate surface area is 211 Å². The minimum Gasteiger partial charge on any atom is -0.329 e. The van der Waals surface area contributed by atoms with Gasteiger partial charge in [0.2, 0.25) is 0 Å². The van der Waals surface area contributed by atoms with Crippen molar-refractivity contribution in [3.63, 3.8) is 0 Å². The van der Waals surface area contributed by atoms with Gasteiger partial charge in [-0.05, 0) is 73.9 Å². The van der Waals surface area contributed by atoms with Crippen molar-refractivity contribution < 1.29 is 4.79 Å². The number of aromatic nitrogens is 2. The van der Waals surface area contributed by atoms with Crippen LogP contribution in [0.15, 0.2) is 60.9 Å². The van der Waals surface area contributed by atoms with Crippen molar-refractivity contribution in [3.05, 3.63) is 89.0 Å². The third kappa shape index (κ3) is 7.14. The number of hydrogen-bond acceptors (Lipinski definition) is 3. The minimum absolute atomic E-state index is 0.0316. The van der Waals surface area contributed by atoms with Crippen LogP contribution in [0.1, 0.15) is 67.6 Å². The fourth-order valence-corrected chi connectivity index (χ4v) is 5.22. The van der Waals surface area contributed by atoms with E-state index in [1.807, 2.05) is 24.4 Å². The Morgan fingerprint density at radius 3 is 2.57 bits per heavy atom. The van der Waals surface area contributed by atoms with Gasteiger partial charge in [-0.1, -0.05) is 68.8 Å². The number of nitrogens with zero attached hydrogens (tertiary/aromatic N) is 3. The largest absolute Gasteiger partial charge is 0.329 e. The third-order valence-corrected chi connectivity index (χ3v) is 7.80. The fraction of sp³-hybridized carbons (Fsp3) is 0.484. The highest BCUT2D eigenvalue weighted by Gasteiger charge is 2.19. The van der Waals surface area contributed by atoms with Crippen LogP contribution in [0.3, 0.4) is 0 Å². The number of rotatable bonds is 11. The summed E-state index contributed by atoms with van der Waals surface area (Å²) in [6.45, 7) is 10.7. The highest BCUT2D eigenvalue weighted by molar-refractivity contribution is 5.81. The zero-order valence-corrected chi connectivity index (χ0v) is 21.7. The van der Waals surface area contributed by atoms with Gasteiger partial charge < -0.3 is 4.57 Å². The van der Waals surface area contributed by atoms with Crippen molar-refractivity contribution in [2.24, 2.45) is 11.8 Å². The highest BCUT2D eigenvalue weighted by Crippen LogP contribution is 2.22. The molecule has 0 spiro atoms. The summed E-state index contributed by atoms with van der Waals surface area (Å²) in [6.07, 6.45) is 10.2. The standard InChI is InChI=1S/C31H41N3O/c1-4-26-14-17-33(18-15-26)23-31-32-16-19-34(31)22-29-21-28(11-10-24(29)2)20-25(3)30(35)13-12-27-8-6-5-7-9-27/h5-11,16,19,21,25-26H,4,12-15,17-18,20,22-23H2,1-3H3. The number of ketones is 1. The number of carbonyl (C=O) groups is 1. The van der Waals surface area contributed by atoms with Gasteiger partial charge >= 0.3 is 0 Å². The van der Waals surface area contributed by atoms with Gasteiger partial charge in [0.15, 0.2) is 0 Å². The average Bonchev–Trinajstić information content (AvgIpc) is 3.32. The Hall–Kier alpha value is -2.72. The Kier molecular flexibility index (Phi) is 8.92. The summed E-state index contributed by atoms with van der Waals surface area (Å²) in [5, 5.41) is 0. The summed E-state index contributed by atoms with van der Waals surface area (Å²) in [4.78, 5) is 20.0. The van der Waals surface area contributed by atoms with Crippen LogP contribution in [-0.4, -0.2) is 33.3 Å². The molecule has 35 heavy (non-hydrogen) atoms. The lowest BCUT2D eigenvalue weighted by Gasteiger charge is -2.31. The average molecular weight is 472 g/mol. The van der Waals surface area contributed by atoms with E-state index in [9.17, 15) is 4.79 Å². The molecule has 1 aliphatic heterocycles. The lowest BCUT2D eigenvalue weighted by Crippen LogP contribution is -2.34. The van der Waals surface area contributed by atoms with Crippen molar-refractivity contribution >= 4 is 5.78 Å². The van der Waals surface area contributed by atoms with Crippen LogP contribution >= 0.6 is 0 Å². The first-order valence-corrected chi connectivity index (χ1v) is 13.4. The van der Waals surface area contributed by atoms with Gasteiger partial charge in [0, 0.05) is 31.3 Å². The molecule has 1 saturated heterocycles. The second kappa shape index (κ2) is 12.3. The normalized spacial score (nSPS) is 15.9. The SMILES string of the molecule is CCC1CCN(Cc2nccn2Cc2cc(CC(C)C(=O)CCc3ccccc3)ccc2C)CC1. The van der Waals surface area contributed by atoms with Gasteiger partial charge in [-0.15, -0.1) is 0 Å². The molecule has 4 heteroatoms. The molecular weight excluding hydrogens is 430 g/mol. The van der Waals surface area contributed by atoms with E-state index >= 15 is 0 Å². The van der Waals surface area contributed by atoms with E-state index in [1.54, 1.807) is 0 Å². The third-order valence-electron chi connectivity index (χ3n) is 7.80. The molecule has 4 nitrogen and oxygen atoms in total. The van der Waals surface area contributed by atoms with Crippen molar-refractivity contribution in [3.8, 4) is 0 Å². The molecule has 186 valence electrons. The van der Waals surface area contributed by atoms with Gasteiger partial charge in [0.25, 0.3) is 0 Å². The number of imidazole rings is 1. The molecule has 1 atom stereocenters. The van der Waals surface area contributed by atoms with Crippen LogP contribution in [0.25, 0.3) is 0 Å². The molecule has 0 amide bonds. The van der Waals surface area contributed by atoms with E-state index in [0.717, 1.165) is 37.7 Å². The Bertz CT molecular complexity index is 1080. The maximum atomic E-state index is 12.8. The molecule has 1 aliphatic rings. The number of Topliss-reactive ketones (excluding diaryl/α,β-unsaturated/α-hetero) is 1. The van der Waals surface area contributed by atoms with E-state index in [1.165, 1.54) is 54.6 Å². The lowest BCUT2D eigenvalue weighted by molar-refractivity contribution is -0.122. The summed E-state index contributed by atoms with van der Waals surface area (Å²) in [5.74, 6) is 2.42. The smallest absolute Gasteiger partial charge is 0.136 e. The maximum absolute atomic E-state index is 12.8. The van der Waals surface area contributed by atoms with E-state index in [-0.39, 0.29) is 5.92 Å². The molecule has 0 N–H and O–H groups in total. The molecule has 1 fully saturated rings. The maximum Gasteiger partial charge on any atom is 0.136 e. The second-order valence-electron chi connectivity index (χ2n) is 10.4. The van der Waals surface area contributed by atoms with Crippen molar-refractivity contribution in [2.45, 2.75) is 72.4 Å². The van der Waals surface area contributed by atoms with E-state index in [2.05, 4.69) is 66.8 Å². The number of carbonyl (C=O) groups excluding carboxylic acids is 1. The van der Waals surface area contributed by atoms with Crippen LogP contribution in [-0.2, 0) is 30.7 Å². The molecular formula is C31H41N3O. The summed E-state index contributed by atoms with van der Waals surface area (Å²) >= 11 is 0. The highest BCUT2D eigenvalue weighted by atomic mass is 16.1. The quantitative estimate of drug-likeness (QED) is 0.332. The minimum atomic E-state index is 0.0316. The summed E-state index contributed by atoms with van der Waals surface area (Å²) in [6, 6.07) is 17.0. The van der Waals surface area contributed by atoms with E-state index < -0.39 is 0 Å². The molecule has 2 aromatic carbocycles. The van der Waals surface area contributed by atoms with Crippen LogP contribution < -0.4 is 0 Å². The molecule has 0 aliphatic carbocycles. The van der Waals surface area contributed by atoms with E-state index in [4.69, 9.17) is 4.98 Å². The van der Waals surface area contributed by atoms with Crippen LogP contribution in [0.5, 0.6) is 0 Å². The first-order valence-electron chi connectivity index (χ1n) is 13.4. The Balaban J connectivity index is 1.35. The monoisotopic (exact) mass is 471 g/mol. The summed E-state index contributed by atoms with van der Waals surface area (Å²) in [7, 11) is 0.